The molecule has 0 fully saturated rings. The van der Waals surface area contributed by atoms with Crippen LogP contribution in [0.5, 0.6) is 0 Å². The molecule has 1 aromatic carbocycles. The number of hydrogen-bond donors (Lipinski definition) is 1. The molecule has 1 aromatic heterocycles. The fraction of sp³-hybridized carbons (Fsp3) is 0.333. The first kappa shape index (κ1) is 13.5. The van der Waals surface area contributed by atoms with Crippen LogP contribution >= 0.6 is 0 Å². The minimum absolute atomic E-state index is 0.744. The summed E-state index contributed by atoms with van der Waals surface area (Å²) in [5.41, 5.74) is 0.970. The second-order valence-electron chi connectivity index (χ2n) is 4.68. The second kappa shape index (κ2) is 6.29. The van der Waals surface area contributed by atoms with Crippen molar-refractivity contribution in [1.29, 1.82) is 0 Å². The minimum atomic E-state index is 0.744. The molecule has 0 atom stereocenters. The molecule has 2 aromatic rings. The topological polar surface area (TPSA) is 41.1 Å². The van der Waals surface area contributed by atoms with Crippen molar-refractivity contribution in [3.63, 3.8) is 0 Å². The molecule has 0 aliphatic rings. The lowest BCUT2D eigenvalue weighted by molar-refractivity contribution is 0.425. The molecule has 0 aliphatic carbocycles. The Bertz CT molecular complexity index is 575. The van der Waals surface area contributed by atoms with Gasteiger partial charge in [0, 0.05) is 18.5 Å². The highest BCUT2D eigenvalue weighted by molar-refractivity contribution is 5.89. The van der Waals surface area contributed by atoms with Crippen molar-refractivity contribution >= 4 is 22.8 Å². The van der Waals surface area contributed by atoms with Crippen molar-refractivity contribution in [1.82, 2.24) is 14.9 Å². The lowest BCUT2D eigenvalue weighted by Gasteiger charge is -2.12. The maximum Gasteiger partial charge on any atom is 0.154 e. The fourth-order valence-corrected chi connectivity index (χ4v) is 1.85. The van der Waals surface area contributed by atoms with Crippen molar-refractivity contribution in [2.75, 3.05) is 32.5 Å². The molecule has 4 heteroatoms. The molecule has 0 amide bonds. The average molecular weight is 256 g/mol. The molecule has 0 unspecified atom stereocenters. The van der Waals surface area contributed by atoms with Gasteiger partial charge in [-0.25, -0.2) is 9.97 Å². The maximum absolute atomic E-state index is 4.56. The fourth-order valence-electron chi connectivity index (χ4n) is 1.85. The summed E-state index contributed by atoms with van der Waals surface area (Å²) >= 11 is 0. The van der Waals surface area contributed by atoms with Crippen LogP contribution < -0.4 is 5.32 Å². The molecule has 0 saturated heterocycles. The maximum atomic E-state index is 4.56. The van der Waals surface area contributed by atoms with Gasteiger partial charge in [-0.2, -0.15) is 0 Å². The monoisotopic (exact) mass is 256 g/mol. The van der Waals surface area contributed by atoms with E-state index in [1.165, 1.54) is 0 Å². The molecule has 100 valence electrons. The van der Waals surface area contributed by atoms with Crippen LogP contribution in [-0.2, 0) is 0 Å². The Morgan fingerprint density at radius 1 is 1.21 bits per heavy atom. The molecule has 0 radical (unpaired) electrons. The van der Waals surface area contributed by atoms with Crippen LogP contribution in [0.15, 0.2) is 30.3 Å². The molecule has 19 heavy (non-hydrogen) atoms. The molecule has 4 nitrogen and oxygen atoms in total. The predicted octanol–water partition coefficient (Wildman–Crippen LogP) is 2.64. The number of rotatable bonds is 5. The molecule has 0 spiro atoms. The quantitative estimate of drug-likeness (QED) is 0.893. The Morgan fingerprint density at radius 3 is 2.74 bits per heavy atom. The first-order valence-corrected chi connectivity index (χ1v) is 6.49. The van der Waals surface area contributed by atoms with Crippen molar-refractivity contribution < 1.29 is 0 Å². The van der Waals surface area contributed by atoms with E-state index in [-0.39, 0.29) is 0 Å². The Kier molecular flexibility index (Phi) is 4.47. The van der Waals surface area contributed by atoms with Crippen LogP contribution in [0.4, 0.5) is 5.82 Å². The largest absolute Gasteiger partial charge is 0.368 e. The van der Waals surface area contributed by atoms with E-state index in [4.69, 9.17) is 0 Å². The van der Waals surface area contributed by atoms with Gasteiger partial charge in [-0.15, -0.1) is 0 Å². The summed E-state index contributed by atoms with van der Waals surface area (Å²) in [6.07, 6.45) is 3.87. The van der Waals surface area contributed by atoms with Gasteiger partial charge in [0.15, 0.2) is 5.82 Å². The summed E-state index contributed by atoms with van der Waals surface area (Å²) in [4.78, 5) is 11.2. The highest BCUT2D eigenvalue weighted by Gasteiger charge is 2.05. The van der Waals surface area contributed by atoms with E-state index in [0.29, 0.717) is 0 Å². The molecule has 1 N–H and O–H groups in total. The number of anilines is 1. The van der Waals surface area contributed by atoms with E-state index in [2.05, 4.69) is 34.3 Å². The van der Waals surface area contributed by atoms with E-state index in [9.17, 15) is 0 Å². The zero-order chi connectivity index (χ0) is 13.7. The van der Waals surface area contributed by atoms with Gasteiger partial charge < -0.3 is 10.2 Å². The first-order valence-electron chi connectivity index (χ1n) is 6.49. The zero-order valence-corrected chi connectivity index (χ0v) is 11.7. The molecular weight excluding hydrogens is 236 g/mol. The Labute approximate surface area is 114 Å². The number of nitrogens with zero attached hydrogens (tertiary/aromatic N) is 3. The number of nitrogens with one attached hydrogen (secondary N) is 1. The summed E-state index contributed by atoms with van der Waals surface area (Å²) in [7, 11) is 4.12. The molecule has 0 bridgehead atoms. The van der Waals surface area contributed by atoms with Crippen LogP contribution in [-0.4, -0.2) is 42.1 Å². The van der Waals surface area contributed by atoms with Crippen LogP contribution in [0, 0.1) is 0 Å². The van der Waals surface area contributed by atoms with Gasteiger partial charge in [-0.1, -0.05) is 18.2 Å². The standard InChI is InChI=1S/C15H20N4/c1-4-7-14-17-13-9-6-5-8-12(13)15(18-14)16-10-11-19(2)3/h4-9H,10-11H2,1-3H3,(H,16,17,18)/b7-4+. The van der Waals surface area contributed by atoms with E-state index in [0.717, 1.165) is 35.6 Å². The predicted molar refractivity (Wildman–Crippen MR) is 81.3 cm³/mol. The summed E-state index contributed by atoms with van der Waals surface area (Å²) in [5, 5.41) is 4.46. The van der Waals surface area contributed by atoms with Gasteiger partial charge in [0.25, 0.3) is 0 Å². The van der Waals surface area contributed by atoms with Crippen molar-refractivity contribution in [2.24, 2.45) is 0 Å². The molecule has 2 rings (SSSR count). The SMILES string of the molecule is C/C=C/c1nc(NCCN(C)C)c2ccccc2n1. The van der Waals surface area contributed by atoms with Crippen LogP contribution in [0.3, 0.4) is 0 Å². The van der Waals surface area contributed by atoms with Gasteiger partial charge in [0.05, 0.1) is 5.52 Å². The third kappa shape index (κ3) is 3.51. The number of para-hydroxylation sites is 1. The van der Waals surface area contributed by atoms with Gasteiger partial charge >= 0.3 is 0 Å². The minimum Gasteiger partial charge on any atom is -0.368 e. The average Bonchev–Trinajstić information content (AvgIpc) is 2.38. The molecule has 1 heterocycles. The van der Waals surface area contributed by atoms with E-state index < -0.39 is 0 Å². The zero-order valence-electron chi connectivity index (χ0n) is 11.7. The van der Waals surface area contributed by atoms with Crippen molar-refractivity contribution in [3.8, 4) is 0 Å². The highest BCUT2D eigenvalue weighted by atomic mass is 15.1. The number of allylic oxidation sites excluding steroid dienone is 1. The van der Waals surface area contributed by atoms with E-state index in [1.807, 2.05) is 43.3 Å². The first-order chi connectivity index (χ1) is 9.20. The Balaban J connectivity index is 2.33. The summed E-state index contributed by atoms with van der Waals surface area (Å²) in [5.74, 6) is 1.65. The van der Waals surface area contributed by atoms with Crippen LogP contribution in [0.25, 0.3) is 17.0 Å². The second-order valence-corrected chi connectivity index (χ2v) is 4.68. The normalized spacial score (nSPS) is 11.6. The van der Waals surface area contributed by atoms with Gasteiger partial charge in [-0.05, 0) is 39.2 Å². The van der Waals surface area contributed by atoms with Crippen LogP contribution in [0.1, 0.15) is 12.7 Å². The number of hydrogen-bond acceptors (Lipinski definition) is 4. The van der Waals surface area contributed by atoms with Crippen molar-refractivity contribution in [3.05, 3.63) is 36.2 Å². The Morgan fingerprint density at radius 2 is 2.00 bits per heavy atom. The number of benzene rings is 1. The summed E-state index contributed by atoms with van der Waals surface area (Å²) < 4.78 is 0. The highest BCUT2D eigenvalue weighted by Crippen LogP contribution is 2.20. The third-order valence-electron chi connectivity index (χ3n) is 2.79. The van der Waals surface area contributed by atoms with Gasteiger partial charge in [0.2, 0.25) is 0 Å². The van der Waals surface area contributed by atoms with Gasteiger partial charge in [0.1, 0.15) is 5.82 Å². The lowest BCUT2D eigenvalue weighted by atomic mass is 10.2. The Hall–Kier alpha value is -1.94. The molecule has 0 saturated carbocycles. The smallest absolute Gasteiger partial charge is 0.154 e. The number of aromatic nitrogens is 2. The third-order valence-corrected chi connectivity index (χ3v) is 2.79. The van der Waals surface area contributed by atoms with E-state index >= 15 is 0 Å². The van der Waals surface area contributed by atoms with E-state index in [1.54, 1.807) is 0 Å². The van der Waals surface area contributed by atoms with Crippen molar-refractivity contribution in [2.45, 2.75) is 6.92 Å². The molecular formula is C15H20N4. The lowest BCUT2D eigenvalue weighted by Crippen LogP contribution is -2.21. The van der Waals surface area contributed by atoms with Crippen LogP contribution in [0.2, 0.25) is 0 Å². The molecule has 0 aliphatic heterocycles. The van der Waals surface area contributed by atoms with Gasteiger partial charge in [-0.3, -0.25) is 0 Å². The summed E-state index contributed by atoms with van der Waals surface area (Å²) in [6.45, 7) is 3.80. The summed E-state index contributed by atoms with van der Waals surface area (Å²) in [6, 6.07) is 8.07. The number of fused-ring (bicyclic) bond motifs is 1. The number of likely N-dealkylation sites (N-methyl/N-ethyl adjacent to an activating group) is 1.